The van der Waals surface area contributed by atoms with E-state index in [1.807, 2.05) is 6.92 Å². The maximum Gasteiger partial charge on any atom is -0.0473 e. The molecule has 1 saturated carbocycles. The van der Waals surface area contributed by atoms with E-state index in [0.29, 0.717) is 0 Å². The van der Waals surface area contributed by atoms with Gasteiger partial charge in [-0.15, -0.1) is 6.58 Å². The topological polar surface area (TPSA) is 0 Å². The van der Waals surface area contributed by atoms with Gasteiger partial charge in [-0.3, -0.25) is 0 Å². The van der Waals surface area contributed by atoms with Crippen LogP contribution >= 0.6 is 0 Å². The first-order valence-corrected chi connectivity index (χ1v) is 5.40. The van der Waals surface area contributed by atoms with E-state index in [4.69, 9.17) is 0 Å². The summed E-state index contributed by atoms with van der Waals surface area (Å²) < 4.78 is 0. The fourth-order valence-electron chi connectivity index (χ4n) is 1.06. The maximum atomic E-state index is 3.36. The lowest BCUT2D eigenvalue weighted by molar-refractivity contribution is 0.504. The average Bonchev–Trinajstić information content (AvgIpc) is 2.10. The molecule has 12 heavy (non-hydrogen) atoms. The third-order valence-electron chi connectivity index (χ3n) is 1.50. The molecule has 0 radical (unpaired) electrons. The van der Waals surface area contributed by atoms with Crippen LogP contribution < -0.4 is 0 Å². The Morgan fingerprint density at radius 2 is 1.00 bits per heavy atom. The molecule has 0 aromatic carbocycles. The monoisotopic (exact) mass is 170 g/mol. The van der Waals surface area contributed by atoms with Crippen molar-refractivity contribution in [2.75, 3.05) is 0 Å². The van der Waals surface area contributed by atoms with Crippen molar-refractivity contribution >= 4 is 0 Å². The van der Waals surface area contributed by atoms with E-state index >= 15 is 0 Å². The summed E-state index contributed by atoms with van der Waals surface area (Å²) >= 11 is 0. The third kappa shape index (κ3) is 22.6. The minimum atomic E-state index is 1.25. The van der Waals surface area contributed by atoms with Gasteiger partial charge in [0, 0.05) is 0 Å². The molecule has 0 atom stereocenters. The Bertz CT molecular complexity index is 48.9. The molecule has 0 amide bonds. The molecule has 1 fully saturated rings. The highest BCUT2D eigenvalue weighted by Gasteiger charge is 1.95. The first-order valence-electron chi connectivity index (χ1n) is 5.40. The first-order chi connectivity index (χ1) is 5.83. The van der Waals surface area contributed by atoms with Gasteiger partial charge in [0.25, 0.3) is 0 Å². The number of allylic oxidation sites excluding steroid dienone is 1. The summed E-state index contributed by atoms with van der Waals surface area (Å²) in [5.74, 6) is 0. The van der Waals surface area contributed by atoms with Crippen LogP contribution in [0.4, 0.5) is 0 Å². The van der Waals surface area contributed by atoms with Crippen LogP contribution in [0.1, 0.15) is 65.7 Å². The van der Waals surface area contributed by atoms with E-state index in [9.17, 15) is 0 Å². The minimum Gasteiger partial charge on any atom is -0.103 e. The second-order valence-electron chi connectivity index (χ2n) is 3.24. The summed E-state index contributed by atoms with van der Waals surface area (Å²) in [6, 6.07) is 0. The molecule has 1 aliphatic rings. The van der Waals surface area contributed by atoms with Crippen LogP contribution in [0.3, 0.4) is 0 Å². The second-order valence-corrected chi connectivity index (χ2v) is 3.24. The number of hydrogen-bond acceptors (Lipinski definition) is 0. The molecule has 0 unspecified atom stereocenters. The van der Waals surface area contributed by atoms with Crippen molar-refractivity contribution in [3.8, 4) is 0 Å². The predicted octanol–water partition coefficient (Wildman–Crippen LogP) is 4.95. The van der Waals surface area contributed by atoms with E-state index in [1.165, 1.54) is 44.9 Å². The summed E-state index contributed by atoms with van der Waals surface area (Å²) in [6.45, 7) is 9.50. The molecule has 0 nitrogen and oxygen atoms in total. The van der Waals surface area contributed by atoms with Crippen molar-refractivity contribution < 1.29 is 0 Å². The molecule has 1 rings (SSSR count). The molecular formula is C12H26. The van der Waals surface area contributed by atoms with Crippen LogP contribution in [-0.2, 0) is 0 Å². The Labute approximate surface area is 79.1 Å². The summed E-state index contributed by atoms with van der Waals surface area (Å²) in [5, 5.41) is 0. The van der Waals surface area contributed by atoms with E-state index in [1.54, 1.807) is 6.08 Å². The van der Waals surface area contributed by atoms with Crippen LogP contribution in [0, 0.1) is 0 Å². The lowest BCUT2D eigenvalue weighted by Crippen LogP contribution is -1.85. The molecule has 0 aliphatic heterocycles. The van der Waals surface area contributed by atoms with Gasteiger partial charge in [-0.1, -0.05) is 64.9 Å². The molecule has 0 aromatic heterocycles. The maximum absolute atomic E-state index is 3.36. The van der Waals surface area contributed by atoms with Gasteiger partial charge in [-0.05, 0) is 6.92 Å². The van der Waals surface area contributed by atoms with Gasteiger partial charge in [-0.25, -0.2) is 0 Å². The van der Waals surface area contributed by atoms with Gasteiger partial charge in [0.05, 0.1) is 0 Å². The lowest BCUT2D eigenvalue weighted by Gasteiger charge is -2.05. The van der Waals surface area contributed by atoms with Gasteiger partial charge in [0.2, 0.25) is 0 Å². The van der Waals surface area contributed by atoms with Crippen molar-refractivity contribution in [3.05, 3.63) is 12.7 Å². The summed E-state index contributed by atoms with van der Waals surface area (Å²) in [5.41, 5.74) is 0. The molecule has 0 heterocycles. The highest BCUT2D eigenvalue weighted by atomic mass is 14.0. The Morgan fingerprint density at radius 1 is 0.917 bits per heavy atom. The van der Waals surface area contributed by atoms with E-state index < -0.39 is 0 Å². The van der Waals surface area contributed by atoms with E-state index in [-0.39, 0.29) is 0 Å². The second kappa shape index (κ2) is 17.0. The smallest absolute Gasteiger partial charge is 0.0473 e. The normalized spacial score (nSPS) is 14.6. The van der Waals surface area contributed by atoms with Gasteiger partial charge in [0.15, 0.2) is 0 Å². The zero-order valence-corrected chi connectivity index (χ0v) is 9.23. The summed E-state index contributed by atoms with van der Waals surface area (Å²) in [7, 11) is 0. The predicted molar refractivity (Wildman–Crippen MR) is 59.5 cm³/mol. The fraction of sp³-hybridized carbons (Fsp3) is 0.833. The summed E-state index contributed by atoms with van der Waals surface area (Å²) in [6.07, 6.45) is 12.0. The lowest BCUT2D eigenvalue weighted by atomic mass is 10.0. The highest BCUT2D eigenvalue weighted by molar-refractivity contribution is 4.51. The Kier molecular flexibility index (Phi) is 20.2. The van der Waals surface area contributed by atoms with Crippen molar-refractivity contribution in [2.45, 2.75) is 65.7 Å². The molecule has 0 spiro atoms. The van der Waals surface area contributed by atoms with Gasteiger partial charge in [-0.2, -0.15) is 0 Å². The highest BCUT2D eigenvalue weighted by Crippen LogP contribution is 2.15. The SMILES string of the molecule is C1CCCCC1.C=CC.CCC. The Balaban J connectivity index is 0. The largest absolute Gasteiger partial charge is 0.103 e. The van der Waals surface area contributed by atoms with E-state index in [0.717, 1.165) is 0 Å². The third-order valence-corrected chi connectivity index (χ3v) is 1.50. The quantitative estimate of drug-likeness (QED) is 0.451. The zero-order chi connectivity index (χ0) is 9.66. The van der Waals surface area contributed by atoms with Crippen LogP contribution in [0.25, 0.3) is 0 Å². The van der Waals surface area contributed by atoms with Crippen LogP contribution in [0.15, 0.2) is 12.7 Å². The van der Waals surface area contributed by atoms with Crippen molar-refractivity contribution in [1.29, 1.82) is 0 Å². The average molecular weight is 170 g/mol. The standard InChI is InChI=1S/C6H12.C3H8.C3H6/c1-2-4-6-5-3-1;2*1-3-2/h1-6H2;3H2,1-2H3;3H,1H2,2H3. The summed E-state index contributed by atoms with van der Waals surface area (Å²) in [4.78, 5) is 0. The molecule has 0 bridgehead atoms. The molecule has 0 heteroatoms. The van der Waals surface area contributed by atoms with Gasteiger partial charge >= 0.3 is 0 Å². The Hall–Kier alpha value is -0.260. The van der Waals surface area contributed by atoms with Crippen molar-refractivity contribution in [3.63, 3.8) is 0 Å². The molecule has 0 saturated heterocycles. The molecular weight excluding hydrogens is 144 g/mol. The van der Waals surface area contributed by atoms with Gasteiger partial charge < -0.3 is 0 Å². The minimum absolute atomic E-state index is 1.25. The number of rotatable bonds is 0. The zero-order valence-electron chi connectivity index (χ0n) is 9.23. The van der Waals surface area contributed by atoms with Crippen LogP contribution in [0.5, 0.6) is 0 Å². The molecule has 74 valence electrons. The van der Waals surface area contributed by atoms with Crippen molar-refractivity contribution in [2.24, 2.45) is 0 Å². The molecule has 0 aromatic rings. The fourth-order valence-corrected chi connectivity index (χ4v) is 1.06. The van der Waals surface area contributed by atoms with Crippen molar-refractivity contribution in [1.82, 2.24) is 0 Å². The van der Waals surface area contributed by atoms with Crippen LogP contribution in [0.2, 0.25) is 0 Å². The molecule has 0 N–H and O–H groups in total. The first kappa shape index (κ1) is 14.3. The molecule has 1 aliphatic carbocycles. The van der Waals surface area contributed by atoms with E-state index in [2.05, 4.69) is 20.4 Å². The van der Waals surface area contributed by atoms with Crippen LogP contribution in [-0.4, -0.2) is 0 Å². The number of hydrogen-bond donors (Lipinski definition) is 0. The van der Waals surface area contributed by atoms with Gasteiger partial charge in [0.1, 0.15) is 0 Å². The Morgan fingerprint density at radius 3 is 1.08 bits per heavy atom.